The molecule has 160 valence electrons. The molecule has 3 saturated heterocycles. The fourth-order valence-electron chi connectivity index (χ4n) is 5.55. The van der Waals surface area contributed by atoms with Gasteiger partial charge in [0.05, 0.1) is 28.0 Å². The maximum absolute atomic E-state index is 13.1. The summed E-state index contributed by atoms with van der Waals surface area (Å²) in [5, 5.41) is 8.93. The van der Waals surface area contributed by atoms with Crippen molar-refractivity contribution < 1.29 is 18.0 Å². The van der Waals surface area contributed by atoms with Crippen molar-refractivity contribution >= 4 is 21.8 Å². The van der Waals surface area contributed by atoms with Gasteiger partial charge in [0.1, 0.15) is 0 Å². The molecule has 0 unspecified atom stereocenters. The van der Waals surface area contributed by atoms with Gasteiger partial charge in [0.25, 0.3) is 0 Å². The molecule has 0 aromatic heterocycles. The quantitative estimate of drug-likeness (QED) is 0.713. The maximum Gasteiger partial charge on any atom is 0.243 e. The van der Waals surface area contributed by atoms with Gasteiger partial charge in [0, 0.05) is 45.6 Å². The first-order chi connectivity index (χ1) is 14.2. The second kappa shape index (κ2) is 7.36. The summed E-state index contributed by atoms with van der Waals surface area (Å²) < 4.78 is 27.6. The van der Waals surface area contributed by atoms with Crippen LogP contribution in [0.1, 0.15) is 32.3 Å². The van der Waals surface area contributed by atoms with Crippen LogP contribution in [0, 0.1) is 23.2 Å². The highest BCUT2D eigenvalue weighted by Gasteiger charge is 2.61. The van der Waals surface area contributed by atoms with Crippen molar-refractivity contribution in [1.29, 1.82) is 5.26 Å². The Balaban J connectivity index is 1.56. The van der Waals surface area contributed by atoms with E-state index < -0.39 is 15.6 Å². The molecule has 0 bridgehead atoms. The van der Waals surface area contributed by atoms with E-state index in [9.17, 15) is 18.0 Å². The monoisotopic (exact) mass is 430 g/mol. The number of hydrogen-bond acceptors (Lipinski definition) is 5. The van der Waals surface area contributed by atoms with Crippen LogP contribution in [0.2, 0.25) is 0 Å². The standard InChI is InChI=1S/C21H26N4O4S/c1-3-25-20(27)18-13-23(15(2)26)14-19(18)21(25)8-10-24(11-9-21)30(28,29)17-6-4-16(12-22)5-7-17/h4-7,18-19H,3,8-11,13-14H2,1-2H3/t18-,19+/m1/s1. The third-order valence-corrected chi connectivity index (χ3v) is 9.01. The molecule has 2 atom stereocenters. The summed E-state index contributed by atoms with van der Waals surface area (Å²) in [7, 11) is -3.66. The number of nitriles is 1. The molecule has 3 heterocycles. The highest BCUT2D eigenvalue weighted by Crippen LogP contribution is 2.50. The molecule has 9 heteroatoms. The summed E-state index contributed by atoms with van der Waals surface area (Å²) in [6.07, 6.45) is 1.13. The number of fused-ring (bicyclic) bond motifs is 2. The molecule has 1 aromatic carbocycles. The van der Waals surface area contributed by atoms with E-state index in [1.807, 2.05) is 17.9 Å². The molecule has 8 nitrogen and oxygen atoms in total. The highest BCUT2D eigenvalue weighted by atomic mass is 32.2. The number of carbonyl (C=O) groups excluding carboxylic acids is 2. The molecule has 3 aliphatic heterocycles. The van der Waals surface area contributed by atoms with Crippen molar-refractivity contribution in [2.45, 2.75) is 37.1 Å². The van der Waals surface area contributed by atoms with E-state index in [1.54, 1.807) is 4.90 Å². The maximum atomic E-state index is 13.1. The first-order valence-electron chi connectivity index (χ1n) is 10.3. The van der Waals surface area contributed by atoms with Gasteiger partial charge in [-0.25, -0.2) is 8.42 Å². The van der Waals surface area contributed by atoms with Crippen LogP contribution < -0.4 is 0 Å². The summed E-state index contributed by atoms with van der Waals surface area (Å²) in [6.45, 7) is 5.76. The lowest BCUT2D eigenvalue weighted by molar-refractivity contribution is -0.136. The molecule has 0 aliphatic carbocycles. The lowest BCUT2D eigenvalue weighted by Gasteiger charge is -2.47. The Kier molecular flexibility index (Phi) is 5.11. The van der Waals surface area contributed by atoms with Crippen LogP contribution in [0.3, 0.4) is 0 Å². The molecule has 30 heavy (non-hydrogen) atoms. The molecule has 4 rings (SSSR count). The normalized spacial score (nSPS) is 26.1. The van der Waals surface area contributed by atoms with Crippen LogP contribution in [0.4, 0.5) is 0 Å². The fourth-order valence-corrected chi connectivity index (χ4v) is 6.99. The fraction of sp³-hybridized carbons (Fsp3) is 0.571. The molecule has 3 fully saturated rings. The summed E-state index contributed by atoms with van der Waals surface area (Å²) >= 11 is 0. The van der Waals surface area contributed by atoms with Crippen molar-refractivity contribution in [1.82, 2.24) is 14.1 Å². The highest BCUT2D eigenvalue weighted by molar-refractivity contribution is 7.89. The minimum atomic E-state index is -3.66. The zero-order valence-electron chi connectivity index (χ0n) is 17.2. The number of carbonyl (C=O) groups is 2. The van der Waals surface area contributed by atoms with E-state index in [-0.39, 0.29) is 28.5 Å². The number of rotatable bonds is 3. The number of sulfonamides is 1. The van der Waals surface area contributed by atoms with Gasteiger partial charge < -0.3 is 9.80 Å². The molecule has 1 spiro atoms. The summed E-state index contributed by atoms with van der Waals surface area (Å²) in [6, 6.07) is 7.94. The smallest absolute Gasteiger partial charge is 0.243 e. The van der Waals surface area contributed by atoms with Gasteiger partial charge in [-0.2, -0.15) is 9.57 Å². The van der Waals surface area contributed by atoms with Crippen molar-refractivity contribution in [2.24, 2.45) is 11.8 Å². The molecular formula is C21H26N4O4S. The first-order valence-corrected chi connectivity index (χ1v) is 11.8. The Morgan fingerprint density at radius 3 is 2.37 bits per heavy atom. The Hall–Kier alpha value is -2.44. The Labute approximate surface area is 177 Å². The average Bonchev–Trinajstić information content (AvgIpc) is 3.28. The Morgan fingerprint density at radius 1 is 1.20 bits per heavy atom. The second-order valence-corrected chi connectivity index (χ2v) is 10.3. The van der Waals surface area contributed by atoms with E-state index in [1.165, 1.54) is 35.5 Å². The number of hydrogen-bond donors (Lipinski definition) is 0. The SMILES string of the molecule is CCN1C(=O)[C@@H]2CN(C(C)=O)C[C@@H]2C12CCN(S(=O)(=O)c1ccc(C#N)cc1)CC2. The van der Waals surface area contributed by atoms with Gasteiger partial charge in [-0.1, -0.05) is 0 Å². The summed E-state index contributed by atoms with van der Waals surface area (Å²) in [5.41, 5.74) is 0.0223. The van der Waals surface area contributed by atoms with Crippen molar-refractivity contribution in [2.75, 3.05) is 32.7 Å². The van der Waals surface area contributed by atoms with Crippen molar-refractivity contribution in [3.63, 3.8) is 0 Å². The van der Waals surface area contributed by atoms with Gasteiger partial charge in [-0.05, 0) is 44.0 Å². The minimum absolute atomic E-state index is 0.0174. The van der Waals surface area contributed by atoms with Gasteiger partial charge >= 0.3 is 0 Å². The Morgan fingerprint density at radius 2 is 1.83 bits per heavy atom. The number of piperidine rings is 1. The van der Waals surface area contributed by atoms with Gasteiger partial charge in [-0.15, -0.1) is 0 Å². The van der Waals surface area contributed by atoms with Gasteiger partial charge in [0.15, 0.2) is 0 Å². The van der Waals surface area contributed by atoms with Crippen LogP contribution >= 0.6 is 0 Å². The number of likely N-dealkylation sites (tertiary alicyclic amines) is 2. The summed E-state index contributed by atoms with van der Waals surface area (Å²) in [5.74, 6) is -0.0602. The predicted octanol–water partition coefficient (Wildman–Crippen LogP) is 1.04. The minimum Gasteiger partial charge on any atom is -0.342 e. The third-order valence-electron chi connectivity index (χ3n) is 7.10. The second-order valence-electron chi connectivity index (χ2n) is 8.36. The van der Waals surface area contributed by atoms with Crippen LogP contribution in [-0.2, 0) is 19.6 Å². The van der Waals surface area contributed by atoms with Crippen LogP contribution in [0.15, 0.2) is 29.2 Å². The molecule has 0 saturated carbocycles. The molecule has 0 radical (unpaired) electrons. The van der Waals surface area contributed by atoms with Crippen LogP contribution in [-0.4, -0.2) is 72.6 Å². The van der Waals surface area contributed by atoms with Crippen molar-refractivity contribution in [3.8, 4) is 6.07 Å². The average molecular weight is 431 g/mol. The van der Waals surface area contributed by atoms with Gasteiger partial charge in [-0.3, -0.25) is 9.59 Å². The largest absolute Gasteiger partial charge is 0.342 e. The summed E-state index contributed by atoms with van der Waals surface area (Å²) in [4.78, 5) is 28.8. The molecule has 3 aliphatic rings. The van der Waals surface area contributed by atoms with Gasteiger partial charge in [0.2, 0.25) is 21.8 Å². The number of amides is 2. The molecule has 1 aromatic rings. The van der Waals surface area contributed by atoms with E-state index >= 15 is 0 Å². The number of benzene rings is 1. The lowest BCUT2D eigenvalue weighted by atomic mass is 9.75. The van der Waals surface area contributed by atoms with E-state index in [0.717, 1.165) is 0 Å². The molecule has 0 N–H and O–H groups in total. The van der Waals surface area contributed by atoms with E-state index in [2.05, 4.69) is 0 Å². The van der Waals surface area contributed by atoms with E-state index in [0.29, 0.717) is 51.1 Å². The van der Waals surface area contributed by atoms with Crippen molar-refractivity contribution in [3.05, 3.63) is 29.8 Å². The Bertz CT molecular complexity index is 1010. The van der Waals surface area contributed by atoms with E-state index in [4.69, 9.17) is 5.26 Å². The lowest BCUT2D eigenvalue weighted by Crippen LogP contribution is -2.57. The third kappa shape index (κ3) is 3.01. The van der Waals surface area contributed by atoms with Crippen LogP contribution in [0.25, 0.3) is 0 Å². The number of nitrogens with zero attached hydrogens (tertiary/aromatic N) is 4. The molecular weight excluding hydrogens is 404 g/mol. The molecule has 2 amide bonds. The predicted molar refractivity (Wildman–Crippen MR) is 109 cm³/mol. The topological polar surface area (TPSA) is 102 Å². The zero-order chi connectivity index (χ0) is 21.7. The first kappa shape index (κ1) is 20.8. The van der Waals surface area contributed by atoms with Crippen LogP contribution in [0.5, 0.6) is 0 Å². The zero-order valence-corrected chi connectivity index (χ0v) is 18.1.